The predicted molar refractivity (Wildman–Crippen MR) is 158 cm³/mol. The highest BCUT2D eigenvalue weighted by molar-refractivity contribution is 5.77. The summed E-state index contributed by atoms with van der Waals surface area (Å²) in [6.45, 7) is 6.14. The van der Waals surface area contributed by atoms with E-state index in [1.54, 1.807) is 13.1 Å². The zero-order valence-electron chi connectivity index (χ0n) is 24.7. The normalized spacial score (nSPS) is 27.0. The molecule has 1 aliphatic carbocycles. The number of ether oxygens (including phenoxy) is 2. The number of guanidine groups is 1. The van der Waals surface area contributed by atoms with Gasteiger partial charge in [-0.25, -0.2) is 0 Å². The first-order valence-electron chi connectivity index (χ1n) is 14.9. The highest BCUT2D eigenvalue weighted by Gasteiger charge is 2.33. The van der Waals surface area contributed by atoms with Crippen LogP contribution in [0.25, 0.3) is 0 Å². The molecule has 1 aromatic carbocycles. The first-order chi connectivity index (χ1) is 19.2. The number of rotatable bonds is 13. The van der Waals surface area contributed by atoms with Crippen molar-refractivity contribution in [2.45, 2.75) is 89.6 Å². The summed E-state index contributed by atoms with van der Waals surface area (Å²) in [6, 6.07) is 5.77. The molecule has 0 amide bonds. The SMILES string of the molecule is CN=C(N)NC[C@@H]1C[C@H]([C@H](O)C[C@@H](CCc2ccc(O)c(O[C@@H]3CCN[C@H](CNC)C3)c2)OC(C)=O)CC[C@H]1C. The van der Waals surface area contributed by atoms with Crippen molar-refractivity contribution in [3.63, 3.8) is 0 Å². The Hall–Kier alpha value is -2.56. The quantitative estimate of drug-likeness (QED) is 0.121. The molecule has 1 aromatic rings. The molecule has 10 nitrogen and oxygen atoms in total. The summed E-state index contributed by atoms with van der Waals surface area (Å²) in [7, 11) is 3.60. The number of phenols is 1. The molecular formula is C30H51N5O5. The number of likely N-dealkylation sites (N-methyl/N-ethyl adjacent to an activating group) is 1. The van der Waals surface area contributed by atoms with Crippen LogP contribution in [0.3, 0.4) is 0 Å². The van der Waals surface area contributed by atoms with Gasteiger partial charge < -0.3 is 41.4 Å². The van der Waals surface area contributed by atoms with Crippen LogP contribution >= 0.6 is 0 Å². The Bertz CT molecular complexity index is 958. The maximum atomic E-state index is 11.9. The molecule has 1 saturated carbocycles. The summed E-state index contributed by atoms with van der Waals surface area (Å²) < 4.78 is 11.9. The van der Waals surface area contributed by atoms with Crippen molar-refractivity contribution in [2.75, 3.05) is 33.7 Å². The van der Waals surface area contributed by atoms with E-state index in [2.05, 4.69) is 27.9 Å². The number of benzene rings is 1. The molecule has 1 saturated heterocycles. The van der Waals surface area contributed by atoms with Gasteiger partial charge in [-0.2, -0.15) is 0 Å². The lowest BCUT2D eigenvalue weighted by atomic mass is 9.72. The van der Waals surface area contributed by atoms with Crippen LogP contribution in [0.15, 0.2) is 23.2 Å². The molecule has 0 spiro atoms. The average Bonchev–Trinajstić information content (AvgIpc) is 2.92. The van der Waals surface area contributed by atoms with E-state index < -0.39 is 12.2 Å². The molecule has 1 heterocycles. The monoisotopic (exact) mass is 561 g/mol. The summed E-state index contributed by atoms with van der Waals surface area (Å²) in [5, 5.41) is 31.5. The van der Waals surface area contributed by atoms with E-state index >= 15 is 0 Å². The molecular weight excluding hydrogens is 510 g/mol. The summed E-state index contributed by atoms with van der Waals surface area (Å²) in [5.74, 6) is 1.78. The van der Waals surface area contributed by atoms with Crippen molar-refractivity contribution < 1.29 is 24.5 Å². The second-order valence-electron chi connectivity index (χ2n) is 11.6. The number of hydrogen-bond donors (Lipinski definition) is 6. The summed E-state index contributed by atoms with van der Waals surface area (Å²) in [6.07, 6.45) is 5.34. The number of nitrogens with zero attached hydrogens (tertiary/aromatic N) is 1. The third-order valence-corrected chi connectivity index (χ3v) is 8.54. The van der Waals surface area contributed by atoms with Gasteiger partial charge in [-0.1, -0.05) is 19.4 Å². The van der Waals surface area contributed by atoms with Crippen molar-refractivity contribution >= 4 is 11.9 Å². The molecule has 40 heavy (non-hydrogen) atoms. The minimum Gasteiger partial charge on any atom is -0.504 e. The van der Waals surface area contributed by atoms with Gasteiger partial charge in [0.2, 0.25) is 0 Å². The Balaban J connectivity index is 1.57. The lowest BCUT2D eigenvalue weighted by Crippen LogP contribution is -2.46. The second-order valence-corrected chi connectivity index (χ2v) is 11.6. The van der Waals surface area contributed by atoms with Crippen molar-refractivity contribution in [2.24, 2.45) is 28.5 Å². The number of carbonyl (C=O) groups excluding carboxylic acids is 1. The number of aliphatic hydroxyl groups is 1. The topological polar surface area (TPSA) is 150 Å². The van der Waals surface area contributed by atoms with Crippen LogP contribution < -0.4 is 26.4 Å². The standard InChI is InChI=1S/C30H51N5O5/c1-19-5-8-22(14-23(19)17-35-30(31)33-4)28(38)16-25(39-20(2)36)9-6-21-7-10-27(37)29(13-21)40-26-11-12-34-24(15-26)18-32-3/h7,10,13,19,22-26,28,32,34,37-38H,5-6,8-9,11-12,14-18H2,1-4H3,(H3,31,33,35)/t19-,22-,23+,24+,25-,26-,28-/m1/s1. The molecule has 10 heteroatoms. The van der Waals surface area contributed by atoms with Crippen molar-refractivity contribution in [1.82, 2.24) is 16.0 Å². The van der Waals surface area contributed by atoms with Crippen LogP contribution in [0.4, 0.5) is 0 Å². The summed E-state index contributed by atoms with van der Waals surface area (Å²) in [5.41, 5.74) is 6.81. The first kappa shape index (κ1) is 32.0. The lowest BCUT2D eigenvalue weighted by Gasteiger charge is -2.37. The third kappa shape index (κ3) is 10.1. The Morgan fingerprint density at radius 1 is 1.25 bits per heavy atom. The number of carbonyl (C=O) groups is 1. The Morgan fingerprint density at radius 3 is 2.77 bits per heavy atom. The number of aryl methyl sites for hydroxylation is 1. The third-order valence-electron chi connectivity index (χ3n) is 8.54. The fourth-order valence-electron chi connectivity index (χ4n) is 6.11. The number of nitrogens with one attached hydrogen (secondary N) is 3. The molecule has 0 radical (unpaired) electrons. The maximum Gasteiger partial charge on any atom is 0.302 e. The number of piperidine rings is 1. The fraction of sp³-hybridized carbons (Fsp3) is 0.733. The Morgan fingerprint density at radius 2 is 2.05 bits per heavy atom. The molecule has 2 fully saturated rings. The van der Waals surface area contributed by atoms with Crippen molar-refractivity contribution in [1.29, 1.82) is 0 Å². The van der Waals surface area contributed by atoms with Crippen LogP contribution in [0, 0.1) is 17.8 Å². The highest BCUT2D eigenvalue weighted by Crippen LogP contribution is 2.37. The number of hydrogen-bond acceptors (Lipinski definition) is 8. The number of phenolic OH excluding ortho intramolecular Hbond substituents is 1. The van der Waals surface area contributed by atoms with Gasteiger partial charge in [-0.15, -0.1) is 0 Å². The first-order valence-corrected chi connectivity index (χ1v) is 14.9. The van der Waals surface area contributed by atoms with E-state index in [9.17, 15) is 15.0 Å². The predicted octanol–water partition coefficient (Wildman–Crippen LogP) is 2.31. The van der Waals surface area contributed by atoms with E-state index in [0.29, 0.717) is 48.8 Å². The number of nitrogens with two attached hydrogens (primary N) is 1. The van der Waals surface area contributed by atoms with E-state index in [1.807, 2.05) is 19.2 Å². The van der Waals surface area contributed by atoms with E-state index in [-0.39, 0.29) is 23.7 Å². The molecule has 0 aromatic heterocycles. The summed E-state index contributed by atoms with van der Waals surface area (Å²) in [4.78, 5) is 15.9. The molecule has 226 valence electrons. The smallest absolute Gasteiger partial charge is 0.302 e. The van der Waals surface area contributed by atoms with E-state index in [1.165, 1.54) is 6.92 Å². The Kier molecular flexibility index (Phi) is 12.8. The van der Waals surface area contributed by atoms with Crippen LogP contribution in [-0.2, 0) is 16.0 Å². The van der Waals surface area contributed by atoms with Gasteiger partial charge >= 0.3 is 5.97 Å². The largest absolute Gasteiger partial charge is 0.504 e. The minimum atomic E-state index is -0.555. The molecule has 7 atom stereocenters. The van der Waals surface area contributed by atoms with Gasteiger partial charge in [0.1, 0.15) is 12.2 Å². The van der Waals surface area contributed by atoms with Gasteiger partial charge in [0.25, 0.3) is 0 Å². The highest BCUT2D eigenvalue weighted by atomic mass is 16.5. The van der Waals surface area contributed by atoms with Crippen LogP contribution in [0.2, 0.25) is 0 Å². The Labute approximate surface area is 239 Å². The summed E-state index contributed by atoms with van der Waals surface area (Å²) >= 11 is 0. The van der Waals surface area contributed by atoms with Gasteiger partial charge in [0.05, 0.1) is 6.10 Å². The van der Waals surface area contributed by atoms with Crippen LogP contribution in [-0.4, -0.2) is 80.2 Å². The number of aliphatic hydroxyl groups excluding tert-OH is 1. The van der Waals surface area contributed by atoms with Gasteiger partial charge in [0.15, 0.2) is 17.5 Å². The second kappa shape index (κ2) is 16.0. The average molecular weight is 562 g/mol. The number of aromatic hydroxyl groups is 1. The number of aliphatic imine (C=N–C) groups is 1. The molecule has 3 rings (SSSR count). The van der Waals surface area contributed by atoms with Gasteiger partial charge in [-0.3, -0.25) is 9.79 Å². The molecule has 1 aliphatic heterocycles. The van der Waals surface area contributed by atoms with Crippen molar-refractivity contribution in [3.8, 4) is 11.5 Å². The van der Waals surface area contributed by atoms with Crippen molar-refractivity contribution in [3.05, 3.63) is 23.8 Å². The van der Waals surface area contributed by atoms with Gasteiger partial charge in [0, 0.05) is 45.9 Å². The zero-order chi connectivity index (χ0) is 29.1. The molecule has 0 unspecified atom stereocenters. The lowest BCUT2D eigenvalue weighted by molar-refractivity contribution is -0.148. The van der Waals surface area contributed by atoms with E-state index in [0.717, 1.165) is 57.3 Å². The van der Waals surface area contributed by atoms with Crippen LogP contribution in [0.5, 0.6) is 11.5 Å². The molecule has 2 aliphatic rings. The zero-order valence-corrected chi connectivity index (χ0v) is 24.7. The van der Waals surface area contributed by atoms with Crippen LogP contribution in [0.1, 0.15) is 64.4 Å². The molecule has 0 bridgehead atoms. The van der Waals surface area contributed by atoms with E-state index in [4.69, 9.17) is 15.2 Å². The molecule has 7 N–H and O–H groups in total. The minimum absolute atomic E-state index is 0.0348. The number of esters is 1. The van der Waals surface area contributed by atoms with Gasteiger partial charge in [-0.05, 0) is 81.1 Å². The fourth-order valence-corrected chi connectivity index (χ4v) is 6.11. The maximum absolute atomic E-state index is 11.9.